The molecule has 2 aromatic heterocycles. The van der Waals surface area contributed by atoms with Crippen molar-refractivity contribution in [3.05, 3.63) is 52.8 Å². The van der Waals surface area contributed by atoms with Crippen LogP contribution in [0, 0.1) is 25.2 Å². The minimum atomic E-state index is -0.599. The molecule has 2 N–H and O–H groups in total. The van der Waals surface area contributed by atoms with E-state index in [4.69, 9.17) is 0 Å². The normalized spacial score (nSPS) is 15.8. The Bertz CT molecular complexity index is 1120. The molecular weight excluding hydrogens is 376 g/mol. The summed E-state index contributed by atoms with van der Waals surface area (Å²) < 4.78 is 0. The van der Waals surface area contributed by atoms with E-state index in [0.717, 1.165) is 59.3 Å². The maximum atomic E-state index is 10.2. The van der Waals surface area contributed by atoms with Crippen LogP contribution in [0.3, 0.4) is 0 Å². The summed E-state index contributed by atoms with van der Waals surface area (Å²) >= 11 is 0. The van der Waals surface area contributed by atoms with Crippen molar-refractivity contribution in [3.8, 4) is 6.07 Å². The predicted molar refractivity (Wildman–Crippen MR) is 117 cm³/mol. The minimum absolute atomic E-state index is 0.554. The minimum Gasteiger partial charge on any atom is -0.390 e. The molecule has 0 amide bonds. The molecule has 0 atom stereocenters. The van der Waals surface area contributed by atoms with Crippen molar-refractivity contribution in [1.29, 1.82) is 5.26 Å². The van der Waals surface area contributed by atoms with Crippen LogP contribution in [0.1, 0.15) is 42.1 Å². The van der Waals surface area contributed by atoms with E-state index in [1.54, 1.807) is 0 Å². The molecule has 1 aliphatic rings. The Labute approximate surface area is 176 Å². The number of anilines is 2. The van der Waals surface area contributed by atoms with Gasteiger partial charge in [0.2, 0.25) is 0 Å². The maximum Gasteiger partial charge on any atom is 0.157 e. The summed E-state index contributed by atoms with van der Waals surface area (Å²) in [6.07, 6.45) is 3.30. The van der Waals surface area contributed by atoms with Crippen LogP contribution in [-0.2, 0) is 6.54 Å². The first-order valence-corrected chi connectivity index (χ1v) is 10.2. The Morgan fingerprint density at radius 1 is 1.20 bits per heavy atom. The molecule has 0 saturated carbocycles. The van der Waals surface area contributed by atoms with Crippen molar-refractivity contribution in [2.75, 3.05) is 23.3 Å². The van der Waals surface area contributed by atoms with Crippen LogP contribution in [-0.4, -0.2) is 39.0 Å². The van der Waals surface area contributed by atoms with Gasteiger partial charge in [-0.15, -0.1) is 5.10 Å². The van der Waals surface area contributed by atoms with E-state index >= 15 is 0 Å². The highest BCUT2D eigenvalue weighted by Gasteiger charge is 2.28. The molecule has 0 aliphatic carbocycles. The SMILES string of the molecule is Cc1c(C#N)cccc1CNc1nnc(C)c2cnc(N3CCC(C)(O)CC3)cc12. The first-order chi connectivity index (χ1) is 14.4. The number of rotatable bonds is 4. The second-order valence-corrected chi connectivity index (χ2v) is 8.26. The quantitative estimate of drug-likeness (QED) is 0.689. The second-order valence-electron chi connectivity index (χ2n) is 8.26. The monoisotopic (exact) mass is 402 g/mol. The molecule has 0 unspecified atom stereocenters. The third-order valence-electron chi connectivity index (χ3n) is 6.01. The van der Waals surface area contributed by atoms with E-state index in [2.05, 4.69) is 37.5 Å². The van der Waals surface area contributed by atoms with Crippen molar-refractivity contribution in [1.82, 2.24) is 15.2 Å². The molecule has 1 aromatic carbocycles. The number of piperidine rings is 1. The number of nitrogens with one attached hydrogen (secondary N) is 1. The number of aryl methyl sites for hydroxylation is 1. The molecular formula is C23H26N6O. The molecule has 3 heterocycles. The molecule has 3 aromatic rings. The molecule has 1 fully saturated rings. The lowest BCUT2D eigenvalue weighted by atomic mass is 9.94. The highest BCUT2D eigenvalue weighted by atomic mass is 16.3. The second kappa shape index (κ2) is 7.88. The van der Waals surface area contributed by atoms with Crippen molar-refractivity contribution in [2.24, 2.45) is 0 Å². The van der Waals surface area contributed by atoms with Gasteiger partial charge in [0, 0.05) is 36.6 Å². The van der Waals surface area contributed by atoms with Gasteiger partial charge in [-0.3, -0.25) is 0 Å². The highest BCUT2D eigenvalue weighted by molar-refractivity contribution is 5.94. The van der Waals surface area contributed by atoms with Gasteiger partial charge in [-0.05, 0) is 56.9 Å². The number of hydrogen-bond donors (Lipinski definition) is 2. The number of aromatic nitrogens is 3. The van der Waals surface area contributed by atoms with E-state index in [9.17, 15) is 10.4 Å². The zero-order valence-electron chi connectivity index (χ0n) is 17.6. The Balaban J connectivity index is 1.63. The van der Waals surface area contributed by atoms with Gasteiger partial charge in [-0.25, -0.2) is 4.98 Å². The lowest BCUT2D eigenvalue weighted by molar-refractivity contribution is 0.0350. The zero-order chi connectivity index (χ0) is 21.3. The zero-order valence-corrected chi connectivity index (χ0v) is 17.6. The molecule has 154 valence electrons. The fraction of sp³-hybridized carbons (Fsp3) is 0.391. The van der Waals surface area contributed by atoms with Crippen LogP contribution in [0.4, 0.5) is 11.6 Å². The number of benzene rings is 1. The molecule has 0 bridgehead atoms. The third-order valence-corrected chi connectivity index (χ3v) is 6.01. The van der Waals surface area contributed by atoms with Gasteiger partial charge in [-0.2, -0.15) is 10.4 Å². The fourth-order valence-corrected chi connectivity index (χ4v) is 3.86. The Morgan fingerprint density at radius 3 is 2.70 bits per heavy atom. The van der Waals surface area contributed by atoms with E-state index in [0.29, 0.717) is 17.9 Å². The average molecular weight is 403 g/mol. The standard InChI is InChI=1S/C23H26N6O/c1-15-17(12-24)5-4-6-18(15)13-26-22-19-11-21(25-14-20(19)16(2)27-28-22)29-9-7-23(3,30)8-10-29/h4-6,11,14,30H,7-10,13H2,1-3H3,(H,26,28). The topological polar surface area (TPSA) is 98.0 Å². The molecule has 1 saturated heterocycles. The van der Waals surface area contributed by atoms with Gasteiger partial charge in [0.15, 0.2) is 5.82 Å². The van der Waals surface area contributed by atoms with Crippen LogP contribution in [0.15, 0.2) is 30.5 Å². The number of fused-ring (bicyclic) bond motifs is 1. The van der Waals surface area contributed by atoms with Gasteiger partial charge in [0.1, 0.15) is 5.82 Å². The molecule has 30 heavy (non-hydrogen) atoms. The molecule has 4 rings (SSSR count). The lowest BCUT2D eigenvalue weighted by Gasteiger charge is -2.36. The van der Waals surface area contributed by atoms with Crippen molar-refractivity contribution in [2.45, 2.75) is 45.8 Å². The first-order valence-electron chi connectivity index (χ1n) is 10.2. The summed E-state index contributed by atoms with van der Waals surface area (Å²) in [4.78, 5) is 6.85. The lowest BCUT2D eigenvalue weighted by Crippen LogP contribution is -2.42. The van der Waals surface area contributed by atoms with E-state index < -0.39 is 5.60 Å². The average Bonchev–Trinajstić information content (AvgIpc) is 2.74. The smallest absolute Gasteiger partial charge is 0.157 e. The summed E-state index contributed by atoms with van der Waals surface area (Å²) in [6, 6.07) is 10.0. The Morgan fingerprint density at radius 2 is 1.97 bits per heavy atom. The summed E-state index contributed by atoms with van der Waals surface area (Å²) in [6.45, 7) is 7.87. The number of nitrogens with zero attached hydrogens (tertiary/aromatic N) is 5. The fourth-order valence-electron chi connectivity index (χ4n) is 3.86. The highest BCUT2D eigenvalue weighted by Crippen LogP contribution is 2.30. The molecule has 0 radical (unpaired) electrons. The van der Waals surface area contributed by atoms with Crippen molar-refractivity contribution >= 4 is 22.4 Å². The van der Waals surface area contributed by atoms with Crippen molar-refractivity contribution < 1.29 is 5.11 Å². The first kappa shape index (κ1) is 20.0. The maximum absolute atomic E-state index is 10.2. The molecule has 0 spiro atoms. The molecule has 7 nitrogen and oxygen atoms in total. The van der Waals surface area contributed by atoms with E-state index in [-0.39, 0.29) is 0 Å². The van der Waals surface area contributed by atoms with E-state index in [1.807, 2.05) is 45.2 Å². The summed E-state index contributed by atoms with van der Waals surface area (Å²) in [7, 11) is 0. The van der Waals surface area contributed by atoms with Gasteiger partial charge < -0.3 is 15.3 Å². The van der Waals surface area contributed by atoms with Gasteiger partial charge >= 0.3 is 0 Å². The number of nitriles is 1. The largest absolute Gasteiger partial charge is 0.390 e. The van der Waals surface area contributed by atoms with E-state index in [1.165, 1.54) is 0 Å². The van der Waals surface area contributed by atoms with Crippen LogP contribution in [0.2, 0.25) is 0 Å². The summed E-state index contributed by atoms with van der Waals surface area (Å²) in [5.74, 6) is 1.58. The Hall–Kier alpha value is -3.24. The third kappa shape index (κ3) is 3.91. The number of hydrogen-bond acceptors (Lipinski definition) is 7. The number of pyridine rings is 1. The molecule has 7 heteroatoms. The molecule has 1 aliphatic heterocycles. The number of aliphatic hydroxyl groups is 1. The van der Waals surface area contributed by atoms with Gasteiger partial charge in [0.05, 0.1) is 22.9 Å². The van der Waals surface area contributed by atoms with Crippen molar-refractivity contribution in [3.63, 3.8) is 0 Å². The predicted octanol–water partition coefficient (Wildman–Crippen LogP) is 3.48. The van der Waals surface area contributed by atoms with Gasteiger partial charge in [-0.1, -0.05) is 12.1 Å². The van der Waals surface area contributed by atoms with Crippen LogP contribution in [0.25, 0.3) is 10.8 Å². The van der Waals surface area contributed by atoms with Crippen LogP contribution in [0.5, 0.6) is 0 Å². The van der Waals surface area contributed by atoms with Crippen LogP contribution >= 0.6 is 0 Å². The Kier molecular flexibility index (Phi) is 5.27. The summed E-state index contributed by atoms with van der Waals surface area (Å²) in [5.41, 5.74) is 2.94. The summed E-state index contributed by atoms with van der Waals surface area (Å²) in [5, 5.41) is 33.5. The van der Waals surface area contributed by atoms with Gasteiger partial charge in [0.25, 0.3) is 0 Å². The van der Waals surface area contributed by atoms with Crippen LogP contribution < -0.4 is 10.2 Å².